The Balaban J connectivity index is 2.29. The number of sulfone groups is 1. The minimum absolute atomic E-state index is 0.183. The summed E-state index contributed by atoms with van der Waals surface area (Å²) >= 11 is 0. The number of hydrogen-bond donors (Lipinski definition) is 1. The SMILES string of the molecule is CC1(NCCS(C)(=O)=O)CCCCC1. The van der Waals surface area contributed by atoms with Crippen LogP contribution >= 0.6 is 0 Å². The molecule has 0 aliphatic heterocycles. The lowest BCUT2D eigenvalue weighted by Gasteiger charge is -2.34. The Morgan fingerprint density at radius 3 is 2.29 bits per heavy atom. The van der Waals surface area contributed by atoms with Crippen molar-refractivity contribution < 1.29 is 8.42 Å². The van der Waals surface area contributed by atoms with Gasteiger partial charge in [-0.25, -0.2) is 8.42 Å². The van der Waals surface area contributed by atoms with E-state index in [2.05, 4.69) is 12.2 Å². The van der Waals surface area contributed by atoms with E-state index in [4.69, 9.17) is 0 Å². The van der Waals surface area contributed by atoms with Gasteiger partial charge >= 0.3 is 0 Å². The van der Waals surface area contributed by atoms with Crippen molar-refractivity contribution in [1.82, 2.24) is 5.32 Å². The maximum absolute atomic E-state index is 10.9. The van der Waals surface area contributed by atoms with Crippen LogP contribution < -0.4 is 5.32 Å². The Labute approximate surface area is 87.2 Å². The van der Waals surface area contributed by atoms with Crippen molar-refractivity contribution in [3.63, 3.8) is 0 Å². The van der Waals surface area contributed by atoms with Gasteiger partial charge in [0.05, 0.1) is 5.75 Å². The normalized spacial score (nSPS) is 22.1. The second kappa shape index (κ2) is 4.62. The Morgan fingerprint density at radius 2 is 1.79 bits per heavy atom. The van der Waals surface area contributed by atoms with Gasteiger partial charge < -0.3 is 5.32 Å². The van der Waals surface area contributed by atoms with Crippen molar-refractivity contribution >= 4 is 9.84 Å². The summed E-state index contributed by atoms with van der Waals surface area (Å²) in [5.41, 5.74) is 0.183. The van der Waals surface area contributed by atoms with Crippen LogP contribution in [0.4, 0.5) is 0 Å². The smallest absolute Gasteiger partial charge is 0.148 e. The van der Waals surface area contributed by atoms with E-state index < -0.39 is 9.84 Å². The zero-order valence-corrected chi connectivity index (χ0v) is 9.99. The molecule has 0 atom stereocenters. The van der Waals surface area contributed by atoms with Crippen molar-refractivity contribution in [3.8, 4) is 0 Å². The molecule has 1 rings (SSSR count). The quantitative estimate of drug-likeness (QED) is 0.776. The van der Waals surface area contributed by atoms with Gasteiger partial charge in [0.2, 0.25) is 0 Å². The van der Waals surface area contributed by atoms with Gasteiger partial charge in [-0.2, -0.15) is 0 Å². The predicted octanol–water partition coefficient (Wildman–Crippen LogP) is 1.34. The van der Waals surface area contributed by atoms with E-state index >= 15 is 0 Å². The summed E-state index contributed by atoms with van der Waals surface area (Å²) < 4.78 is 21.9. The van der Waals surface area contributed by atoms with E-state index in [1.807, 2.05) is 0 Å². The minimum atomic E-state index is -2.81. The summed E-state index contributed by atoms with van der Waals surface area (Å²) in [4.78, 5) is 0. The van der Waals surface area contributed by atoms with Crippen molar-refractivity contribution in [2.24, 2.45) is 0 Å². The summed E-state index contributed by atoms with van der Waals surface area (Å²) in [6.07, 6.45) is 7.50. The van der Waals surface area contributed by atoms with Crippen molar-refractivity contribution in [3.05, 3.63) is 0 Å². The lowest BCUT2D eigenvalue weighted by atomic mass is 9.83. The lowest BCUT2D eigenvalue weighted by molar-refractivity contribution is 0.260. The molecule has 0 heterocycles. The first-order valence-corrected chi connectivity index (χ1v) is 7.40. The first-order valence-electron chi connectivity index (χ1n) is 5.34. The van der Waals surface area contributed by atoms with Crippen LogP contribution in [-0.4, -0.2) is 32.5 Å². The molecule has 14 heavy (non-hydrogen) atoms. The van der Waals surface area contributed by atoms with Crippen LogP contribution in [0.5, 0.6) is 0 Å². The van der Waals surface area contributed by atoms with Gasteiger partial charge in [-0.05, 0) is 19.8 Å². The molecule has 1 saturated carbocycles. The third kappa shape index (κ3) is 4.42. The van der Waals surface area contributed by atoms with Crippen LogP contribution in [0.3, 0.4) is 0 Å². The number of nitrogens with one attached hydrogen (secondary N) is 1. The first kappa shape index (κ1) is 12.0. The van der Waals surface area contributed by atoms with Crippen LogP contribution in [0.2, 0.25) is 0 Å². The fraction of sp³-hybridized carbons (Fsp3) is 1.00. The lowest BCUT2D eigenvalue weighted by Crippen LogP contribution is -2.45. The molecule has 0 spiro atoms. The Kier molecular flexibility index (Phi) is 3.95. The highest BCUT2D eigenvalue weighted by atomic mass is 32.2. The average molecular weight is 219 g/mol. The first-order chi connectivity index (χ1) is 6.41. The molecule has 1 aliphatic carbocycles. The van der Waals surface area contributed by atoms with Gasteiger partial charge in [0.15, 0.2) is 0 Å². The van der Waals surface area contributed by atoms with E-state index in [9.17, 15) is 8.42 Å². The van der Waals surface area contributed by atoms with Gasteiger partial charge in [0.25, 0.3) is 0 Å². The highest BCUT2D eigenvalue weighted by Gasteiger charge is 2.25. The predicted molar refractivity (Wildman–Crippen MR) is 59.2 cm³/mol. The molecule has 0 amide bonds. The van der Waals surface area contributed by atoms with Gasteiger partial charge in [-0.3, -0.25) is 0 Å². The summed E-state index contributed by atoms with van der Waals surface area (Å²) in [6.45, 7) is 2.80. The molecule has 0 aromatic rings. The van der Waals surface area contributed by atoms with Crippen molar-refractivity contribution in [2.75, 3.05) is 18.6 Å². The van der Waals surface area contributed by atoms with Crippen LogP contribution in [0.1, 0.15) is 39.0 Å². The summed E-state index contributed by atoms with van der Waals surface area (Å²) in [5, 5.41) is 3.38. The molecular formula is C10H21NO2S. The molecule has 84 valence electrons. The maximum Gasteiger partial charge on any atom is 0.148 e. The molecule has 0 bridgehead atoms. The molecule has 4 heteroatoms. The molecular weight excluding hydrogens is 198 g/mol. The minimum Gasteiger partial charge on any atom is -0.311 e. The van der Waals surface area contributed by atoms with Crippen LogP contribution in [-0.2, 0) is 9.84 Å². The fourth-order valence-corrected chi connectivity index (χ4v) is 2.52. The van der Waals surface area contributed by atoms with Gasteiger partial charge in [-0.15, -0.1) is 0 Å². The van der Waals surface area contributed by atoms with Crippen LogP contribution in [0.15, 0.2) is 0 Å². The zero-order valence-electron chi connectivity index (χ0n) is 9.17. The molecule has 0 saturated heterocycles. The topological polar surface area (TPSA) is 46.2 Å². The molecule has 0 aromatic heterocycles. The summed E-state index contributed by atoms with van der Waals surface area (Å²) in [7, 11) is -2.81. The molecule has 0 unspecified atom stereocenters. The summed E-state index contributed by atoms with van der Waals surface area (Å²) in [6, 6.07) is 0. The largest absolute Gasteiger partial charge is 0.311 e. The monoisotopic (exact) mass is 219 g/mol. The zero-order chi connectivity index (χ0) is 10.7. The highest BCUT2D eigenvalue weighted by molar-refractivity contribution is 7.90. The van der Waals surface area contributed by atoms with Crippen molar-refractivity contribution in [1.29, 1.82) is 0 Å². The Morgan fingerprint density at radius 1 is 1.21 bits per heavy atom. The highest BCUT2D eigenvalue weighted by Crippen LogP contribution is 2.27. The standard InChI is InChI=1S/C10H21NO2S/c1-10(6-4-3-5-7-10)11-8-9-14(2,12)13/h11H,3-9H2,1-2H3. The van der Waals surface area contributed by atoms with E-state index in [0.29, 0.717) is 6.54 Å². The van der Waals surface area contributed by atoms with Crippen LogP contribution in [0, 0.1) is 0 Å². The number of hydrogen-bond acceptors (Lipinski definition) is 3. The second-order valence-electron chi connectivity index (χ2n) is 4.68. The van der Waals surface area contributed by atoms with Gasteiger partial charge in [0, 0.05) is 18.3 Å². The van der Waals surface area contributed by atoms with Crippen LogP contribution in [0.25, 0.3) is 0 Å². The third-order valence-corrected chi connectivity index (χ3v) is 3.93. The van der Waals surface area contributed by atoms with E-state index in [0.717, 1.165) is 0 Å². The van der Waals surface area contributed by atoms with E-state index in [-0.39, 0.29) is 11.3 Å². The molecule has 1 N–H and O–H groups in total. The molecule has 0 radical (unpaired) electrons. The third-order valence-electron chi connectivity index (χ3n) is 2.98. The molecule has 1 aliphatic rings. The van der Waals surface area contributed by atoms with Gasteiger partial charge in [-0.1, -0.05) is 19.3 Å². The summed E-state index contributed by atoms with van der Waals surface area (Å²) in [5.74, 6) is 0.253. The van der Waals surface area contributed by atoms with Gasteiger partial charge in [0.1, 0.15) is 9.84 Å². The van der Waals surface area contributed by atoms with E-state index in [1.165, 1.54) is 38.4 Å². The van der Waals surface area contributed by atoms with Crippen molar-refractivity contribution in [2.45, 2.75) is 44.6 Å². The fourth-order valence-electron chi connectivity index (χ4n) is 2.05. The second-order valence-corrected chi connectivity index (χ2v) is 6.94. The Hall–Kier alpha value is -0.0900. The Bertz CT molecular complexity index is 266. The number of rotatable bonds is 4. The molecule has 0 aromatic carbocycles. The maximum atomic E-state index is 10.9. The average Bonchev–Trinajstić information content (AvgIpc) is 2.02. The van der Waals surface area contributed by atoms with E-state index in [1.54, 1.807) is 0 Å². The molecule has 1 fully saturated rings. The molecule has 3 nitrogen and oxygen atoms in total.